The van der Waals surface area contributed by atoms with E-state index in [4.69, 9.17) is 0 Å². The summed E-state index contributed by atoms with van der Waals surface area (Å²) in [5, 5.41) is 3.14. The lowest BCUT2D eigenvalue weighted by Crippen LogP contribution is -2.50. The average molecular weight is 363 g/mol. The number of hydrogen-bond acceptors (Lipinski definition) is 2. The van der Waals surface area contributed by atoms with Crippen LogP contribution in [0.3, 0.4) is 0 Å². The highest BCUT2D eigenvalue weighted by atomic mass is 35.5. The van der Waals surface area contributed by atoms with E-state index in [1.165, 1.54) is 12.1 Å². The van der Waals surface area contributed by atoms with Crippen molar-refractivity contribution in [2.75, 3.05) is 13.1 Å². The first-order chi connectivity index (χ1) is 10.9. The Kier molecular flexibility index (Phi) is 5.81. The number of nitrogens with zero attached hydrogens (tertiary/aromatic N) is 1. The predicted molar refractivity (Wildman–Crippen MR) is 87.8 cm³/mol. The number of halogens is 4. The quantitative estimate of drug-likeness (QED) is 0.869. The third kappa shape index (κ3) is 4.03. The Balaban J connectivity index is 0.00000208. The largest absolute Gasteiger partial charge is 0.416 e. The molecule has 2 aliphatic rings. The van der Waals surface area contributed by atoms with Crippen LogP contribution in [0.15, 0.2) is 24.3 Å². The summed E-state index contributed by atoms with van der Waals surface area (Å²) in [7, 11) is 0. The molecule has 1 atom stereocenters. The molecule has 134 valence electrons. The first-order valence-corrected chi connectivity index (χ1v) is 8.04. The molecule has 3 nitrogen and oxygen atoms in total. The first-order valence-electron chi connectivity index (χ1n) is 8.04. The minimum Gasteiger partial charge on any atom is -0.335 e. The van der Waals surface area contributed by atoms with Gasteiger partial charge in [0, 0.05) is 18.5 Å². The highest BCUT2D eigenvalue weighted by Crippen LogP contribution is 2.36. The number of alkyl halides is 3. The molecular formula is C17H22ClF3N2O. The van der Waals surface area contributed by atoms with Crippen molar-refractivity contribution in [3.05, 3.63) is 35.4 Å². The summed E-state index contributed by atoms with van der Waals surface area (Å²) in [6.07, 6.45) is -2.62. The van der Waals surface area contributed by atoms with E-state index < -0.39 is 11.7 Å². The van der Waals surface area contributed by atoms with E-state index in [0.29, 0.717) is 5.92 Å². The van der Waals surface area contributed by atoms with Gasteiger partial charge in [0.25, 0.3) is 0 Å². The van der Waals surface area contributed by atoms with Gasteiger partial charge in [-0.25, -0.2) is 0 Å². The molecule has 1 saturated carbocycles. The van der Waals surface area contributed by atoms with Crippen LogP contribution >= 0.6 is 12.4 Å². The lowest BCUT2D eigenvalue weighted by atomic mass is 9.87. The van der Waals surface area contributed by atoms with Gasteiger partial charge in [0.05, 0.1) is 5.56 Å². The van der Waals surface area contributed by atoms with Gasteiger partial charge in [-0.05, 0) is 43.5 Å². The van der Waals surface area contributed by atoms with Crippen molar-refractivity contribution in [3.63, 3.8) is 0 Å². The second-order valence-electron chi connectivity index (χ2n) is 6.56. The molecule has 0 radical (unpaired) electrons. The summed E-state index contributed by atoms with van der Waals surface area (Å²) in [6, 6.07) is 5.64. The Morgan fingerprint density at radius 3 is 2.42 bits per heavy atom. The molecule has 2 fully saturated rings. The monoisotopic (exact) mass is 362 g/mol. The van der Waals surface area contributed by atoms with Crippen molar-refractivity contribution in [2.24, 2.45) is 11.8 Å². The van der Waals surface area contributed by atoms with Crippen molar-refractivity contribution >= 4 is 18.3 Å². The topological polar surface area (TPSA) is 32.3 Å². The van der Waals surface area contributed by atoms with E-state index in [1.807, 2.05) is 6.92 Å². The summed E-state index contributed by atoms with van der Waals surface area (Å²) >= 11 is 0. The third-order valence-corrected chi connectivity index (χ3v) is 4.84. The number of amides is 1. The van der Waals surface area contributed by atoms with Gasteiger partial charge in [-0.3, -0.25) is 4.79 Å². The number of benzene rings is 1. The van der Waals surface area contributed by atoms with Crippen LogP contribution in [0.25, 0.3) is 0 Å². The second kappa shape index (κ2) is 7.31. The maximum atomic E-state index is 13.2. The molecule has 0 aromatic heterocycles. The molecule has 0 bridgehead atoms. The summed E-state index contributed by atoms with van der Waals surface area (Å²) < 4.78 is 39.5. The van der Waals surface area contributed by atoms with Crippen molar-refractivity contribution < 1.29 is 18.0 Å². The minimum absolute atomic E-state index is 0. The van der Waals surface area contributed by atoms with Crippen molar-refractivity contribution in [2.45, 2.75) is 38.5 Å². The van der Waals surface area contributed by atoms with E-state index in [0.717, 1.165) is 32.0 Å². The highest BCUT2D eigenvalue weighted by molar-refractivity contribution is 5.85. The van der Waals surface area contributed by atoms with Crippen LogP contribution in [0.1, 0.15) is 30.9 Å². The molecule has 3 rings (SSSR count). The van der Waals surface area contributed by atoms with Crippen LogP contribution in [-0.2, 0) is 17.5 Å². The Labute approximate surface area is 146 Å². The molecule has 1 heterocycles. The zero-order valence-electron chi connectivity index (χ0n) is 13.5. The molecule has 1 amide bonds. The average Bonchev–Trinajstić information content (AvgIpc) is 3.26. The fraction of sp³-hybridized carbons (Fsp3) is 0.588. The maximum absolute atomic E-state index is 13.2. The van der Waals surface area contributed by atoms with Crippen molar-refractivity contribution in [1.82, 2.24) is 10.2 Å². The number of nitrogens with one attached hydrogen (secondary N) is 1. The fourth-order valence-corrected chi connectivity index (χ4v) is 3.02. The molecule has 1 aliphatic heterocycles. The van der Waals surface area contributed by atoms with Crippen molar-refractivity contribution in [1.29, 1.82) is 0 Å². The minimum atomic E-state index is -4.39. The van der Waals surface area contributed by atoms with E-state index in [2.05, 4.69) is 5.32 Å². The van der Waals surface area contributed by atoms with Crippen LogP contribution in [0.4, 0.5) is 13.2 Å². The molecule has 1 saturated heterocycles. The molecule has 1 aromatic rings. The normalized spacial score (nSPS) is 19.2. The van der Waals surface area contributed by atoms with E-state index in [1.54, 1.807) is 11.0 Å². The van der Waals surface area contributed by atoms with Gasteiger partial charge in [0.1, 0.15) is 0 Å². The van der Waals surface area contributed by atoms with Crippen LogP contribution in [0, 0.1) is 11.8 Å². The SMILES string of the molecule is CC(C(=O)N(Cc1ccccc1C(F)(F)F)C1CC1)C1CNC1.Cl. The molecule has 1 N–H and O–H groups in total. The molecular weight excluding hydrogens is 341 g/mol. The summed E-state index contributed by atoms with van der Waals surface area (Å²) in [5.74, 6) is 0.132. The number of rotatable bonds is 5. The summed E-state index contributed by atoms with van der Waals surface area (Å²) in [6.45, 7) is 3.55. The molecule has 24 heavy (non-hydrogen) atoms. The van der Waals surface area contributed by atoms with Gasteiger partial charge in [-0.1, -0.05) is 25.1 Å². The molecule has 0 spiro atoms. The summed E-state index contributed by atoms with van der Waals surface area (Å²) in [4.78, 5) is 14.4. The zero-order chi connectivity index (χ0) is 16.6. The van der Waals surface area contributed by atoms with Gasteiger partial charge in [-0.2, -0.15) is 13.2 Å². The van der Waals surface area contributed by atoms with Gasteiger partial charge in [0.15, 0.2) is 0 Å². The number of carbonyl (C=O) groups is 1. The van der Waals surface area contributed by atoms with Crippen LogP contribution in [-0.4, -0.2) is 29.9 Å². The zero-order valence-corrected chi connectivity index (χ0v) is 14.3. The Bertz CT molecular complexity index is 585. The fourth-order valence-electron chi connectivity index (χ4n) is 3.02. The van der Waals surface area contributed by atoms with Crippen LogP contribution < -0.4 is 5.32 Å². The van der Waals surface area contributed by atoms with Gasteiger partial charge >= 0.3 is 6.18 Å². The molecule has 1 unspecified atom stereocenters. The van der Waals surface area contributed by atoms with Gasteiger partial charge < -0.3 is 10.2 Å². The van der Waals surface area contributed by atoms with E-state index in [-0.39, 0.29) is 42.4 Å². The Hall–Kier alpha value is -1.27. The maximum Gasteiger partial charge on any atom is 0.416 e. The molecule has 1 aliphatic carbocycles. The van der Waals surface area contributed by atoms with Gasteiger partial charge in [0.2, 0.25) is 5.91 Å². The number of carbonyl (C=O) groups excluding carboxylic acids is 1. The molecule has 1 aromatic carbocycles. The first kappa shape index (κ1) is 19.1. The lowest BCUT2D eigenvalue weighted by Gasteiger charge is -2.35. The molecule has 7 heteroatoms. The highest BCUT2D eigenvalue weighted by Gasteiger charge is 2.40. The number of hydrogen-bond donors (Lipinski definition) is 1. The second-order valence-corrected chi connectivity index (χ2v) is 6.56. The Morgan fingerprint density at radius 2 is 1.92 bits per heavy atom. The van der Waals surface area contributed by atoms with E-state index in [9.17, 15) is 18.0 Å². The van der Waals surface area contributed by atoms with E-state index >= 15 is 0 Å². The third-order valence-electron chi connectivity index (χ3n) is 4.84. The summed E-state index contributed by atoms with van der Waals surface area (Å²) in [5.41, 5.74) is -0.462. The lowest BCUT2D eigenvalue weighted by molar-refractivity contribution is -0.142. The predicted octanol–water partition coefficient (Wildman–Crippen LogP) is 3.47. The van der Waals surface area contributed by atoms with Gasteiger partial charge in [-0.15, -0.1) is 12.4 Å². The Morgan fingerprint density at radius 1 is 1.29 bits per heavy atom. The van der Waals surface area contributed by atoms with Crippen LogP contribution in [0.2, 0.25) is 0 Å². The standard InChI is InChI=1S/C17H21F3N2O.ClH/c1-11(13-8-21-9-13)16(23)22(14-6-7-14)10-12-4-2-3-5-15(12)17(18,19)20;/h2-5,11,13-14,21H,6-10H2,1H3;1H. The van der Waals surface area contributed by atoms with Crippen LogP contribution in [0.5, 0.6) is 0 Å². The smallest absolute Gasteiger partial charge is 0.335 e. The van der Waals surface area contributed by atoms with Crippen molar-refractivity contribution in [3.8, 4) is 0 Å².